The highest BCUT2D eigenvalue weighted by molar-refractivity contribution is 6.29. The summed E-state index contributed by atoms with van der Waals surface area (Å²) >= 11 is 5.58. The van der Waals surface area contributed by atoms with E-state index in [0.717, 1.165) is 6.42 Å². The Morgan fingerprint density at radius 1 is 1.38 bits per heavy atom. The normalized spacial score (nSPS) is 10.9. The van der Waals surface area contributed by atoms with Crippen LogP contribution in [-0.2, 0) is 6.42 Å². The van der Waals surface area contributed by atoms with Crippen LogP contribution >= 0.6 is 11.6 Å². The van der Waals surface area contributed by atoms with E-state index < -0.39 is 5.82 Å². The zero-order chi connectivity index (χ0) is 10.0. The SMILES string of the molecule is Cc1nc(CC(C)C)nc(Cl)c1F. The molecule has 0 aliphatic carbocycles. The Balaban J connectivity index is 2.99. The molecule has 0 saturated heterocycles. The maximum Gasteiger partial charge on any atom is 0.181 e. The standard InChI is InChI=1S/C9H12ClFN2/c1-5(2)4-7-12-6(3)8(11)9(10)13-7/h5H,4H2,1-3H3. The molecule has 1 aromatic heterocycles. The van der Waals surface area contributed by atoms with Crippen LogP contribution in [0.3, 0.4) is 0 Å². The highest BCUT2D eigenvalue weighted by Gasteiger charge is 2.09. The summed E-state index contributed by atoms with van der Waals surface area (Å²) in [5.74, 6) is 0.536. The minimum Gasteiger partial charge on any atom is -0.235 e. The third kappa shape index (κ3) is 2.62. The van der Waals surface area contributed by atoms with Crippen molar-refractivity contribution in [3.63, 3.8) is 0 Å². The molecule has 0 radical (unpaired) electrons. The van der Waals surface area contributed by atoms with Crippen molar-refractivity contribution in [2.75, 3.05) is 0 Å². The molecule has 0 N–H and O–H groups in total. The van der Waals surface area contributed by atoms with Gasteiger partial charge in [-0.2, -0.15) is 0 Å². The van der Waals surface area contributed by atoms with Gasteiger partial charge in [-0.3, -0.25) is 0 Å². The molecule has 0 spiro atoms. The fourth-order valence-electron chi connectivity index (χ4n) is 1.04. The van der Waals surface area contributed by atoms with Crippen molar-refractivity contribution < 1.29 is 4.39 Å². The molecule has 2 nitrogen and oxygen atoms in total. The zero-order valence-corrected chi connectivity index (χ0v) is 8.69. The molecule has 0 bridgehead atoms. The summed E-state index contributed by atoms with van der Waals surface area (Å²) in [5, 5.41) is -0.0804. The predicted octanol–water partition coefficient (Wildman–Crippen LogP) is 2.78. The van der Waals surface area contributed by atoms with Crippen LogP contribution in [0.25, 0.3) is 0 Å². The highest BCUT2D eigenvalue weighted by Crippen LogP contribution is 2.15. The first-order valence-corrected chi connectivity index (χ1v) is 4.57. The second-order valence-electron chi connectivity index (χ2n) is 3.43. The molecule has 0 amide bonds. The predicted molar refractivity (Wildman–Crippen MR) is 50.3 cm³/mol. The van der Waals surface area contributed by atoms with Gasteiger partial charge in [-0.05, 0) is 12.8 Å². The van der Waals surface area contributed by atoms with Crippen molar-refractivity contribution in [3.8, 4) is 0 Å². The van der Waals surface area contributed by atoms with Gasteiger partial charge in [0.05, 0.1) is 5.69 Å². The van der Waals surface area contributed by atoms with E-state index >= 15 is 0 Å². The van der Waals surface area contributed by atoms with E-state index in [0.29, 0.717) is 17.4 Å². The van der Waals surface area contributed by atoms with Gasteiger partial charge >= 0.3 is 0 Å². The van der Waals surface area contributed by atoms with Gasteiger partial charge in [0.2, 0.25) is 0 Å². The fraction of sp³-hybridized carbons (Fsp3) is 0.556. The minimum atomic E-state index is -0.519. The van der Waals surface area contributed by atoms with Gasteiger partial charge < -0.3 is 0 Å². The summed E-state index contributed by atoms with van der Waals surface area (Å²) in [7, 11) is 0. The van der Waals surface area contributed by atoms with Gasteiger partial charge in [0, 0.05) is 6.42 Å². The van der Waals surface area contributed by atoms with Gasteiger partial charge in [0.1, 0.15) is 5.82 Å². The Kier molecular flexibility index (Phi) is 3.20. The second kappa shape index (κ2) is 4.01. The van der Waals surface area contributed by atoms with E-state index in [4.69, 9.17) is 11.6 Å². The van der Waals surface area contributed by atoms with Crippen LogP contribution in [0.2, 0.25) is 5.15 Å². The molecule has 0 unspecified atom stereocenters. The lowest BCUT2D eigenvalue weighted by atomic mass is 10.1. The number of rotatable bonds is 2. The topological polar surface area (TPSA) is 25.8 Å². The molecule has 0 aliphatic rings. The third-order valence-corrected chi connectivity index (χ3v) is 1.86. The van der Waals surface area contributed by atoms with Crippen LogP contribution in [0.5, 0.6) is 0 Å². The van der Waals surface area contributed by atoms with E-state index in [1.165, 1.54) is 0 Å². The summed E-state index contributed by atoms with van der Waals surface area (Å²) < 4.78 is 13.0. The maximum absolute atomic E-state index is 13.0. The third-order valence-electron chi connectivity index (χ3n) is 1.61. The van der Waals surface area contributed by atoms with Gasteiger partial charge in [0.25, 0.3) is 0 Å². The van der Waals surface area contributed by atoms with Crippen molar-refractivity contribution in [3.05, 3.63) is 22.5 Å². The molecule has 72 valence electrons. The van der Waals surface area contributed by atoms with E-state index in [-0.39, 0.29) is 5.15 Å². The lowest BCUT2D eigenvalue weighted by molar-refractivity contribution is 0.577. The Hall–Kier alpha value is -0.700. The van der Waals surface area contributed by atoms with Crippen LogP contribution in [0.1, 0.15) is 25.4 Å². The average molecular weight is 203 g/mol. The van der Waals surface area contributed by atoms with Gasteiger partial charge in [-0.25, -0.2) is 14.4 Å². The molecule has 0 aromatic carbocycles. The molecule has 0 atom stereocenters. The van der Waals surface area contributed by atoms with E-state index in [9.17, 15) is 4.39 Å². The molecular formula is C9H12ClFN2. The molecule has 4 heteroatoms. The van der Waals surface area contributed by atoms with Crippen molar-refractivity contribution in [2.45, 2.75) is 27.2 Å². The largest absolute Gasteiger partial charge is 0.235 e. The Bertz CT molecular complexity index is 289. The summed E-state index contributed by atoms with van der Waals surface area (Å²) in [6.07, 6.45) is 0.723. The van der Waals surface area contributed by atoms with E-state index in [2.05, 4.69) is 23.8 Å². The van der Waals surface area contributed by atoms with Crippen LogP contribution in [0.15, 0.2) is 0 Å². The lowest BCUT2D eigenvalue weighted by Crippen LogP contribution is -2.04. The van der Waals surface area contributed by atoms with Crippen molar-refractivity contribution in [1.82, 2.24) is 9.97 Å². The number of aryl methyl sites for hydroxylation is 1. The number of aromatic nitrogens is 2. The lowest BCUT2D eigenvalue weighted by Gasteiger charge is -2.05. The highest BCUT2D eigenvalue weighted by atomic mass is 35.5. The van der Waals surface area contributed by atoms with Crippen molar-refractivity contribution in [2.24, 2.45) is 5.92 Å². The van der Waals surface area contributed by atoms with Gasteiger partial charge in [-0.1, -0.05) is 25.4 Å². The number of hydrogen-bond donors (Lipinski definition) is 0. The Morgan fingerprint density at radius 3 is 2.46 bits per heavy atom. The van der Waals surface area contributed by atoms with Crippen LogP contribution in [-0.4, -0.2) is 9.97 Å². The summed E-state index contributed by atoms with van der Waals surface area (Å²) in [5.41, 5.74) is 0.315. The first-order valence-electron chi connectivity index (χ1n) is 4.19. The number of nitrogens with zero attached hydrogens (tertiary/aromatic N) is 2. The molecule has 1 heterocycles. The molecule has 0 saturated carbocycles. The average Bonchev–Trinajstić information content (AvgIpc) is 1.98. The second-order valence-corrected chi connectivity index (χ2v) is 3.79. The first-order chi connectivity index (χ1) is 6.00. The molecule has 1 rings (SSSR count). The quantitative estimate of drug-likeness (QED) is 0.690. The van der Waals surface area contributed by atoms with Crippen molar-refractivity contribution >= 4 is 11.6 Å². The Labute approximate surface area is 82.2 Å². The molecule has 1 aromatic rings. The number of halogens is 2. The van der Waals surface area contributed by atoms with Crippen LogP contribution in [0.4, 0.5) is 4.39 Å². The first kappa shape index (κ1) is 10.4. The summed E-state index contributed by atoms with van der Waals surface area (Å²) in [6.45, 7) is 5.69. The molecule has 0 fully saturated rings. The van der Waals surface area contributed by atoms with Gasteiger partial charge in [0.15, 0.2) is 11.0 Å². The maximum atomic E-state index is 13.0. The minimum absolute atomic E-state index is 0.0804. The number of hydrogen-bond acceptors (Lipinski definition) is 2. The molecular weight excluding hydrogens is 191 g/mol. The van der Waals surface area contributed by atoms with Crippen LogP contribution in [0, 0.1) is 18.7 Å². The van der Waals surface area contributed by atoms with Crippen molar-refractivity contribution in [1.29, 1.82) is 0 Å². The summed E-state index contributed by atoms with van der Waals surface area (Å²) in [6, 6.07) is 0. The van der Waals surface area contributed by atoms with Gasteiger partial charge in [-0.15, -0.1) is 0 Å². The fourth-order valence-corrected chi connectivity index (χ4v) is 1.27. The van der Waals surface area contributed by atoms with Crippen LogP contribution < -0.4 is 0 Å². The zero-order valence-electron chi connectivity index (χ0n) is 7.93. The molecule has 0 aliphatic heterocycles. The monoisotopic (exact) mass is 202 g/mol. The Morgan fingerprint density at radius 2 is 2.00 bits per heavy atom. The van der Waals surface area contributed by atoms with E-state index in [1.807, 2.05) is 0 Å². The molecule has 13 heavy (non-hydrogen) atoms. The summed E-state index contributed by atoms with van der Waals surface area (Å²) in [4.78, 5) is 7.86. The van der Waals surface area contributed by atoms with E-state index in [1.54, 1.807) is 6.92 Å². The smallest absolute Gasteiger partial charge is 0.181 e.